The van der Waals surface area contributed by atoms with Crippen LogP contribution in [0.4, 0.5) is 5.69 Å². The van der Waals surface area contributed by atoms with Crippen molar-refractivity contribution in [3.05, 3.63) is 64.5 Å². The van der Waals surface area contributed by atoms with Crippen LogP contribution in [0.2, 0.25) is 10.0 Å². The number of nitrogens with zero attached hydrogens (tertiary/aromatic N) is 4. The van der Waals surface area contributed by atoms with Gasteiger partial charge >= 0.3 is 0 Å². The first-order valence-corrected chi connectivity index (χ1v) is 8.04. The summed E-state index contributed by atoms with van der Waals surface area (Å²) in [6.07, 6.45) is 3.25. The second kappa shape index (κ2) is 7.13. The van der Waals surface area contributed by atoms with E-state index in [0.29, 0.717) is 33.0 Å². The van der Waals surface area contributed by atoms with Crippen LogP contribution in [0.25, 0.3) is 5.69 Å². The van der Waals surface area contributed by atoms with E-state index in [1.807, 2.05) is 0 Å². The normalized spacial score (nSPS) is 10.6. The summed E-state index contributed by atoms with van der Waals surface area (Å²) in [6, 6.07) is 10.2. The standard InChI is InChI=1S/C17H14Cl2N4O2/c1-22(12-4-6-16(25-2)20-10-12)17(24)15-7-8-23(21-15)11-3-5-13(18)14(19)9-11/h3-10H,1-2H3. The minimum atomic E-state index is -0.259. The van der Waals surface area contributed by atoms with Crippen LogP contribution in [0.3, 0.4) is 0 Å². The first kappa shape index (κ1) is 17.3. The molecule has 0 aliphatic rings. The van der Waals surface area contributed by atoms with Crippen LogP contribution in [-0.2, 0) is 0 Å². The summed E-state index contributed by atoms with van der Waals surface area (Å²) in [6.45, 7) is 0. The molecule has 0 atom stereocenters. The summed E-state index contributed by atoms with van der Waals surface area (Å²) in [7, 11) is 3.19. The molecule has 2 heterocycles. The second-order valence-electron chi connectivity index (χ2n) is 5.17. The number of pyridine rings is 1. The van der Waals surface area contributed by atoms with Crippen molar-refractivity contribution in [3.8, 4) is 11.6 Å². The zero-order valence-electron chi connectivity index (χ0n) is 13.5. The fourth-order valence-electron chi connectivity index (χ4n) is 2.19. The predicted octanol–water partition coefficient (Wildman–Crippen LogP) is 3.86. The van der Waals surface area contributed by atoms with E-state index in [1.165, 1.54) is 12.0 Å². The van der Waals surface area contributed by atoms with Gasteiger partial charge in [0.15, 0.2) is 5.69 Å². The monoisotopic (exact) mass is 376 g/mol. The van der Waals surface area contributed by atoms with Gasteiger partial charge in [-0.25, -0.2) is 9.67 Å². The Kier molecular flexibility index (Phi) is 4.92. The zero-order valence-corrected chi connectivity index (χ0v) is 15.0. The molecular weight excluding hydrogens is 363 g/mol. The number of halogens is 2. The van der Waals surface area contributed by atoms with Crippen LogP contribution in [0.15, 0.2) is 48.8 Å². The summed E-state index contributed by atoms with van der Waals surface area (Å²) in [5, 5.41) is 5.19. The van der Waals surface area contributed by atoms with E-state index in [-0.39, 0.29) is 5.91 Å². The summed E-state index contributed by atoms with van der Waals surface area (Å²) in [5.74, 6) is 0.222. The number of aromatic nitrogens is 3. The second-order valence-corrected chi connectivity index (χ2v) is 5.98. The van der Waals surface area contributed by atoms with Gasteiger partial charge in [-0.3, -0.25) is 4.79 Å². The number of amides is 1. The number of carbonyl (C=O) groups excluding carboxylic acids is 1. The van der Waals surface area contributed by atoms with Crippen molar-refractivity contribution in [2.24, 2.45) is 0 Å². The lowest BCUT2D eigenvalue weighted by Crippen LogP contribution is -2.26. The number of ether oxygens (including phenoxy) is 1. The molecule has 0 bridgehead atoms. The zero-order chi connectivity index (χ0) is 18.0. The highest BCUT2D eigenvalue weighted by atomic mass is 35.5. The average Bonchev–Trinajstić information content (AvgIpc) is 3.13. The van der Waals surface area contributed by atoms with Gasteiger partial charge < -0.3 is 9.64 Å². The molecule has 0 saturated carbocycles. The van der Waals surface area contributed by atoms with Crippen molar-refractivity contribution in [1.29, 1.82) is 0 Å². The van der Waals surface area contributed by atoms with Gasteiger partial charge in [-0.15, -0.1) is 0 Å². The van der Waals surface area contributed by atoms with Gasteiger partial charge in [0.1, 0.15) is 0 Å². The Morgan fingerprint density at radius 1 is 1.16 bits per heavy atom. The van der Waals surface area contributed by atoms with Gasteiger partial charge in [-0.1, -0.05) is 23.2 Å². The Morgan fingerprint density at radius 3 is 2.60 bits per heavy atom. The number of hydrogen-bond donors (Lipinski definition) is 0. The lowest BCUT2D eigenvalue weighted by Gasteiger charge is -2.15. The molecule has 8 heteroatoms. The Bertz CT molecular complexity index is 909. The third-order valence-corrected chi connectivity index (χ3v) is 4.34. The van der Waals surface area contributed by atoms with E-state index in [0.717, 1.165) is 0 Å². The molecule has 2 aromatic heterocycles. The highest BCUT2D eigenvalue weighted by Gasteiger charge is 2.17. The minimum absolute atomic E-state index is 0.259. The van der Waals surface area contributed by atoms with Crippen molar-refractivity contribution in [2.45, 2.75) is 0 Å². The van der Waals surface area contributed by atoms with Crippen LogP contribution in [0.1, 0.15) is 10.5 Å². The van der Waals surface area contributed by atoms with Crippen molar-refractivity contribution >= 4 is 34.8 Å². The van der Waals surface area contributed by atoms with Gasteiger partial charge in [-0.2, -0.15) is 5.10 Å². The first-order valence-electron chi connectivity index (χ1n) is 7.29. The van der Waals surface area contributed by atoms with E-state index in [4.69, 9.17) is 27.9 Å². The van der Waals surface area contributed by atoms with E-state index in [2.05, 4.69) is 10.1 Å². The van der Waals surface area contributed by atoms with Crippen molar-refractivity contribution in [2.75, 3.05) is 19.1 Å². The van der Waals surface area contributed by atoms with Crippen LogP contribution in [0, 0.1) is 0 Å². The molecule has 0 unspecified atom stereocenters. The fraction of sp³-hybridized carbons (Fsp3) is 0.118. The molecule has 1 aromatic carbocycles. The molecular formula is C17H14Cl2N4O2. The number of anilines is 1. The Balaban J connectivity index is 1.82. The number of hydrogen-bond acceptors (Lipinski definition) is 4. The molecule has 0 aliphatic carbocycles. The third-order valence-electron chi connectivity index (χ3n) is 3.60. The number of methoxy groups -OCH3 is 1. The van der Waals surface area contributed by atoms with E-state index < -0.39 is 0 Å². The molecule has 0 N–H and O–H groups in total. The highest BCUT2D eigenvalue weighted by molar-refractivity contribution is 6.42. The lowest BCUT2D eigenvalue weighted by atomic mass is 10.3. The van der Waals surface area contributed by atoms with Gasteiger partial charge in [0.05, 0.1) is 34.7 Å². The molecule has 0 saturated heterocycles. The number of rotatable bonds is 4. The van der Waals surface area contributed by atoms with E-state index >= 15 is 0 Å². The number of benzene rings is 1. The van der Waals surface area contributed by atoms with Crippen molar-refractivity contribution in [1.82, 2.24) is 14.8 Å². The van der Waals surface area contributed by atoms with Crippen LogP contribution < -0.4 is 9.64 Å². The first-order chi connectivity index (χ1) is 12.0. The predicted molar refractivity (Wildman–Crippen MR) is 97.1 cm³/mol. The average molecular weight is 377 g/mol. The van der Waals surface area contributed by atoms with Crippen LogP contribution in [-0.4, -0.2) is 34.8 Å². The van der Waals surface area contributed by atoms with Crippen molar-refractivity contribution in [3.63, 3.8) is 0 Å². The Morgan fingerprint density at radius 2 is 1.96 bits per heavy atom. The van der Waals surface area contributed by atoms with Gasteiger partial charge in [0.2, 0.25) is 5.88 Å². The third kappa shape index (κ3) is 3.60. The van der Waals surface area contributed by atoms with Gasteiger partial charge in [-0.05, 0) is 30.3 Å². The molecule has 25 heavy (non-hydrogen) atoms. The fourth-order valence-corrected chi connectivity index (χ4v) is 2.48. The van der Waals surface area contributed by atoms with Gasteiger partial charge in [0.25, 0.3) is 5.91 Å². The highest BCUT2D eigenvalue weighted by Crippen LogP contribution is 2.24. The van der Waals surface area contributed by atoms with E-state index in [1.54, 1.807) is 60.5 Å². The molecule has 0 aliphatic heterocycles. The molecule has 6 nitrogen and oxygen atoms in total. The maximum Gasteiger partial charge on any atom is 0.278 e. The quantitative estimate of drug-likeness (QED) is 0.693. The topological polar surface area (TPSA) is 60.2 Å². The van der Waals surface area contributed by atoms with Crippen molar-refractivity contribution < 1.29 is 9.53 Å². The van der Waals surface area contributed by atoms with Crippen LogP contribution >= 0.6 is 23.2 Å². The Labute approximate surface area is 154 Å². The summed E-state index contributed by atoms with van der Waals surface area (Å²) >= 11 is 11.9. The van der Waals surface area contributed by atoms with E-state index in [9.17, 15) is 4.79 Å². The smallest absolute Gasteiger partial charge is 0.278 e. The summed E-state index contributed by atoms with van der Waals surface area (Å²) in [4.78, 5) is 18.2. The molecule has 0 fully saturated rings. The largest absolute Gasteiger partial charge is 0.481 e. The van der Waals surface area contributed by atoms with Gasteiger partial charge in [0, 0.05) is 19.3 Å². The molecule has 128 valence electrons. The molecule has 0 spiro atoms. The van der Waals surface area contributed by atoms with Crippen LogP contribution in [0.5, 0.6) is 5.88 Å². The SMILES string of the molecule is COc1ccc(N(C)C(=O)c2ccn(-c3ccc(Cl)c(Cl)c3)n2)cn1. The maximum absolute atomic E-state index is 12.6. The molecule has 1 amide bonds. The maximum atomic E-state index is 12.6. The molecule has 3 rings (SSSR count). The summed E-state index contributed by atoms with van der Waals surface area (Å²) in [5.41, 5.74) is 1.64. The molecule has 3 aromatic rings. The molecule has 0 radical (unpaired) electrons. The minimum Gasteiger partial charge on any atom is -0.481 e. The Hall–Kier alpha value is -2.57. The number of carbonyl (C=O) groups is 1. The lowest BCUT2D eigenvalue weighted by molar-refractivity contribution is 0.0987. The summed E-state index contributed by atoms with van der Waals surface area (Å²) < 4.78 is 6.58.